The average Bonchev–Trinajstić information content (AvgIpc) is 2.46. The number of anilines is 1. The Hall–Kier alpha value is -2.21. The van der Waals surface area contributed by atoms with Crippen LogP contribution in [-0.4, -0.2) is 29.0 Å². The summed E-state index contributed by atoms with van der Waals surface area (Å²) in [7, 11) is 1.59. The van der Waals surface area contributed by atoms with Gasteiger partial charge in [-0.25, -0.2) is 9.78 Å². The second-order valence-electron chi connectivity index (χ2n) is 4.08. The van der Waals surface area contributed by atoms with Crippen LogP contribution in [0, 0.1) is 0 Å². The fraction of sp³-hybridized carbons (Fsp3) is 0.0714. The van der Waals surface area contributed by atoms with Crippen molar-refractivity contribution >= 4 is 33.6 Å². The number of hydrogen-bond donors (Lipinski definition) is 1. The molecule has 2 aromatic rings. The van der Waals surface area contributed by atoms with Gasteiger partial charge in [-0.2, -0.15) is 0 Å². The van der Waals surface area contributed by atoms with Gasteiger partial charge in [-0.1, -0.05) is 22.0 Å². The Labute approximate surface area is 124 Å². The maximum Gasteiger partial charge on any atom is 0.337 e. The predicted molar refractivity (Wildman–Crippen MR) is 78.1 cm³/mol. The summed E-state index contributed by atoms with van der Waals surface area (Å²) in [5.41, 5.74) is 0.600. The highest BCUT2D eigenvalue weighted by atomic mass is 79.9. The molecule has 0 saturated carbocycles. The van der Waals surface area contributed by atoms with Crippen LogP contribution in [0.1, 0.15) is 20.7 Å². The van der Waals surface area contributed by atoms with Gasteiger partial charge in [0.2, 0.25) is 0 Å². The highest BCUT2D eigenvalue weighted by Crippen LogP contribution is 2.16. The van der Waals surface area contributed by atoms with Crippen LogP contribution >= 0.6 is 15.9 Å². The molecule has 1 heterocycles. The number of amides is 1. The van der Waals surface area contributed by atoms with E-state index in [0.717, 1.165) is 4.47 Å². The van der Waals surface area contributed by atoms with E-state index in [1.54, 1.807) is 25.2 Å². The van der Waals surface area contributed by atoms with Gasteiger partial charge in [0.05, 0.1) is 5.56 Å². The lowest BCUT2D eigenvalue weighted by molar-refractivity contribution is 0.0696. The third-order valence-electron chi connectivity index (χ3n) is 2.71. The molecule has 1 aromatic carbocycles. The molecule has 1 N–H and O–H groups in total. The molecule has 0 saturated heterocycles. The number of hydrogen-bond acceptors (Lipinski definition) is 3. The average molecular weight is 335 g/mol. The first kappa shape index (κ1) is 14.2. The van der Waals surface area contributed by atoms with Crippen molar-refractivity contribution in [2.75, 3.05) is 11.9 Å². The summed E-state index contributed by atoms with van der Waals surface area (Å²) in [6.45, 7) is 0. The predicted octanol–water partition coefficient (Wildman–Crippen LogP) is 2.82. The highest BCUT2D eigenvalue weighted by Gasteiger charge is 2.15. The van der Waals surface area contributed by atoms with Crippen LogP contribution < -0.4 is 4.90 Å². The zero-order valence-electron chi connectivity index (χ0n) is 10.6. The van der Waals surface area contributed by atoms with Crippen LogP contribution in [-0.2, 0) is 0 Å². The maximum absolute atomic E-state index is 12.3. The van der Waals surface area contributed by atoms with E-state index in [1.165, 1.54) is 23.2 Å². The summed E-state index contributed by atoms with van der Waals surface area (Å²) in [4.78, 5) is 28.4. The number of benzene rings is 1. The van der Waals surface area contributed by atoms with Crippen LogP contribution in [0.25, 0.3) is 0 Å². The Morgan fingerprint density at radius 3 is 2.50 bits per heavy atom. The Bertz CT molecular complexity index is 656. The van der Waals surface area contributed by atoms with E-state index < -0.39 is 5.97 Å². The van der Waals surface area contributed by atoms with Gasteiger partial charge in [0.15, 0.2) is 0 Å². The van der Waals surface area contributed by atoms with Crippen LogP contribution in [0.2, 0.25) is 0 Å². The van der Waals surface area contributed by atoms with Crippen molar-refractivity contribution in [2.24, 2.45) is 0 Å². The zero-order valence-corrected chi connectivity index (χ0v) is 12.2. The molecule has 1 aromatic heterocycles. The Morgan fingerprint density at radius 2 is 1.95 bits per heavy atom. The molecular weight excluding hydrogens is 324 g/mol. The van der Waals surface area contributed by atoms with Gasteiger partial charge in [0.25, 0.3) is 5.91 Å². The standard InChI is InChI=1S/C14H11BrN2O3/c1-17(12-6-5-10(8-16-12)14(19)20)13(18)9-3-2-4-11(15)7-9/h2-8H,1H3,(H,19,20). The number of carboxylic acids is 1. The maximum atomic E-state index is 12.3. The van der Waals surface area contributed by atoms with Gasteiger partial charge in [-0.05, 0) is 30.3 Å². The molecule has 2 rings (SSSR count). The Balaban J connectivity index is 2.24. The second-order valence-corrected chi connectivity index (χ2v) is 5.00. The van der Waals surface area contributed by atoms with E-state index in [9.17, 15) is 9.59 Å². The lowest BCUT2D eigenvalue weighted by Gasteiger charge is -2.16. The quantitative estimate of drug-likeness (QED) is 0.936. The largest absolute Gasteiger partial charge is 0.478 e. The normalized spacial score (nSPS) is 10.1. The third kappa shape index (κ3) is 3.03. The van der Waals surface area contributed by atoms with Gasteiger partial charge in [0, 0.05) is 23.3 Å². The minimum atomic E-state index is -1.05. The van der Waals surface area contributed by atoms with Crippen molar-refractivity contribution < 1.29 is 14.7 Å². The summed E-state index contributed by atoms with van der Waals surface area (Å²) in [5.74, 6) is -0.883. The minimum Gasteiger partial charge on any atom is -0.478 e. The summed E-state index contributed by atoms with van der Waals surface area (Å²) in [6.07, 6.45) is 1.22. The summed E-state index contributed by atoms with van der Waals surface area (Å²) in [6, 6.07) is 9.93. The third-order valence-corrected chi connectivity index (χ3v) is 3.21. The number of aromatic nitrogens is 1. The number of halogens is 1. The molecule has 0 unspecified atom stereocenters. The van der Waals surface area contributed by atoms with Gasteiger partial charge in [-0.15, -0.1) is 0 Å². The molecule has 0 aliphatic heterocycles. The molecule has 102 valence electrons. The van der Waals surface area contributed by atoms with E-state index in [-0.39, 0.29) is 11.5 Å². The smallest absolute Gasteiger partial charge is 0.337 e. The lowest BCUT2D eigenvalue weighted by atomic mass is 10.2. The molecule has 0 bridgehead atoms. The van der Waals surface area contributed by atoms with Crippen molar-refractivity contribution in [1.82, 2.24) is 4.98 Å². The summed E-state index contributed by atoms with van der Waals surface area (Å²) < 4.78 is 0.811. The molecule has 0 spiro atoms. The number of carbonyl (C=O) groups excluding carboxylic acids is 1. The van der Waals surface area contributed by atoms with Crippen LogP contribution in [0.15, 0.2) is 47.1 Å². The fourth-order valence-corrected chi connectivity index (χ4v) is 2.03. The highest BCUT2D eigenvalue weighted by molar-refractivity contribution is 9.10. The van der Waals surface area contributed by atoms with E-state index in [0.29, 0.717) is 11.4 Å². The number of rotatable bonds is 3. The van der Waals surface area contributed by atoms with Crippen LogP contribution in [0.4, 0.5) is 5.82 Å². The Kier molecular flexibility index (Phi) is 4.14. The van der Waals surface area contributed by atoms with E-state index >= 15 is 0 Å². The molecule has 20 heavy (non-hydrogen) atoms. The molecular formula is C14H11BrN2O3. The van der Waals surface area contributed by atoms with Crippen molar-refractivity contribution in [3.63, 3.8) is 0 Å². The van der Waals surface area contributed by atoms with E-state index in [4.69, 9.17) is 5.11 Å². The van der Waals surface area contributed by atoms with Gasteiger partial charge >= 0.3 is 5.97 Å². The molecule has 5 nitrogen and oxygen atoms in total. The number of pyridine rings is 1. The molecule has 1 amide bonds. The molecule has 0 aliphatic rings. The SMILES string of the molecule is CN(C(=O)c1cccc(Br)c1)c1ccc(C(=O)O)cn1. The van der Waals surface area contributed by atoms with Gasteiger partial charge in [0.1, 0.15) is 5.82 Å². The van der Waals surface area contributed by atoms with Crippen molar-refractivity contribution in [2.45, 2.75) is 0 Å². The first-order chi connectivity index (χ1) is 9.49. The molecule has 0 atom stereocenters. The first-order valence-electron chi connectivity index (χ1n) is 5.72. The van der Waals surface area contributed by atoms with Crippen molar-refractivity contribution in [3.05, 3.63) is 58.2 Å². The van der Waals surface area contributed by atoms with Crippen LogP contribution in [0.3, 0.4) is 0 Å². The first-order valence-corrected chi connectivity index (χ1v) is 6.51. The van der Waals surface area contributed by atoms with Gasteiger partial charge < -0.3 is 5.11 Å². The molecule has 0 radical (unpaired) electrons. The van der Waals surface area contributed by atoms with Crippen molar-refractivity contribution in [1.29, 1.82) is 0 Å². The number of carboxylic acid groups (broad SMARTS) is 1. The lowest BCUT2D eigenvalue weighted by Crippen LogP contribution is -2.27. The number of carbonyl (C=O) groups is 2. The van der Waals surface area contributed by atoms with Crippen molar-refractivity contribution in [3.8, 4) is 0 Å². The molecule has 0 aliphatic carbocycles. The molecule has 6 heteroatoms. The van der Waals surface area contributed by atoms with E-state index in [2.05, 4.69) is 20.9 Å². The topological polar surface area (TPSA) is 70.5 Å². The van der Waals surface area contributed by atoms with Crippen LogP contribution in [0.5, 0.6) is 0 Å². The second kappa shape index (κ2) is 5.83. The Morgan fingerprint density at radius 1 is 1.20 bits per heavy atom. The summed E-state index contributed by atoms with van der Waals surface area (Å²) >= 11 is 3.31. The fourth-order valence-electron chi connectivity index (χ4n) is 1.63. The van der Waals surface area contributed by atoms with Gasteiger partial charge in [-0.3, -0.25) is 9.69 Å². The van der Waals surface area contributed by atoms with E-state index in [1.807, 2.05) is 6.07 Å². The zero-order chi connectivity index (χ0) is 14.7. The number of nitrogens with zero attached hydrogens (tertiary/aromatic N) is 2. The summed E-state index contributed by atoms with van der Waals surface area (Å²) in [5, 5.41) is 8.81. The molecule has 0 fully saturated rings. The minimum absolute atomic E-state index is 0.0806. The number of aromatic carboxylic acids is 1. The monoisotopic (exact) mass is 334 g/mol.